The average molecular weight is 266 g/mol. The number of carbonyl (C=O) groups is 1. The van der Waals surface area contributed by atoms with Crippen LogP contribution in [0.25, 0.3) is 0 Å². The third kappa shape index (κ3) is 3.92. The second-order valence-electron chi connectivity index (χ2n) is 4.64. The van der Waals surface area contributed by atoms with Gasteiger partial charge in [-0.25, -0.2) is 0 Å². The maximum atomic E-state index is 11.1. The van der Waals surface area contributed by atoms with Crippen LogP contribution in [0.15, 0.2) is 18.2 Å². The Kier molecular flexibility index (Phi) is 4.82. The summed E-state index contributed by atoms with van der Waals surface area (Å²) in [5.41, 5.74) is 11.4. The molecule has 19 heavy (non-hydrogen) atoms. The topological polar surface area (TPSA) is 124 Å². The van der Waals surface area contributed by atoms with E-state index in [2.05, 4.69) is 5.32 Å². The molecule has 0 spiro atoms. The van der Waals surface area contributed by atoms with Gasteiger partial charge in [-0.15, -0.1) is 0 Å². The lowest BCUT2D eigenvalue weighted by molar-refractivity contribution is -0.384. The number of hydrogen-bond acceptors (Lipinski definition) is 5. The van der Waals surface area contributed by atoms with Crippen LogP contribution in [0, 0.1) is 16.0 Å². The second kappa shape index (κ2) is 6.14. The highest BCUT2D eigenvalue weighted by molar-refractivity contribution is 5.94. The van der Waals surface area contributed by atoms with Gasteiger partial charge < -0.3 is 16.8 Å². The van der Waals surface area contributed by atoms with Crippen molar-refractivity contribution in [1.29, 1.82) is 0 Å². The number of nitrogens with one attached hydrogen (secondary N) is 1. The van der Waals surface area contributed by atoms with Crippen LogP contribution in [-0.2, 0) is 0 Å². The summed E-state index contributed by atoms with van der Waals surface area (Å²) in [5, 5.41) is 13.8. The van der Waals surface area contributed by atoms with Crippen LogP contribution in [0.4, 0.5) is 11.4 Å². The van der Waals surface area contributed by atoms with Crippen molar-refractivity contribution in [3.63, 3.8) is 0 Å². The highest BCUT2D eigenvalue weighted by atomic mass is 16.6. The van der Waals surface area contributed by atoms with Crippen LogP contribution in [0.3, 0.4) is 0 Å². The maximum absolute atomic E-state index is 11.1. The van der Waals surface area contributed by atoms with Gasteiger partial charge in [-0.1, -0.05) is 13.8 Å². The number of hydrogen-bond donors (Lipinski definition) is 3. The Morgan fingerprint density at radius 3 is 2.58 bits per heavy atom. The Hall–Kier alpha value is -2.15. The largest absolute Gasteiger partial charge is 0.378 e. The molecule has 1 amide bonds. The third-order valence-electron chi connectivity index (χ3n) is 2.86. The van der Waals surface area contributed by atoms with Gasteiger partial charge in [0.05, 0.1) is 4.92 Å². The van der Waals surface area contributed by atoms with Crippen LogP contribution in [0.2, 0.25) is 0 Å². The van der Waals surface area contributed by atoms with E-state index in [1.165, 1.54) is 18.2 Å². The lowest BCUT2D eigenvalue weighted by atomic mass is 10.1. The molecule has 0 heterocycles. The zero-order valence-corrected chi connectivity index (χ0v) is 10.9. The van der Waals surface area contributed by atoms with Crippen molar-refractivity contribution in [1.82, 2.24) is 0 Å². The minimum Gasteiger partial charge on any atom is -0.378 e. The summed E-state index contributed by atoms with van der Waals surface area (Å²) in [6.45, 7) is 4.29. The first-order chi connectivity index (χ1) is 8.82. The first-order valence-electron chi connectivity index (χ1n) is 5.90. The summed E-state index contributed by atoms with van der Waals surface area (Å²) < 4.78 is 0. The van der Waals surface area contributed by atoms with Crippen molar-refractivity contribution in [2.24, 2.45) is 17.4 Å². The zero-order chi connectivity index (χ0) is 14.6. The highest BCUT2D eigenvalue weighted by Crippen LogP contribution is 2.25. The minimum absolute atomic E-state index is 0.110. The van der Waals surface area contributed by atoms with E-state index in [4.69, 9.17) is 11.5 Å². The van der Waals surface area contributed by atoms with E-state index < -0.39 is 10.8 Å². The van der Waals surface area contributed by atoms with Crippen LogP contribution in [0.1, 0.15) is 24.2 Å². The fraction of sp³-hybridized carbons (Fsp3) is 0.417. The van der Waals surface area contributed by atoms with Gasteiger partial charge in [-0.2, -0.15) is 0 Å². The monoisotopic (exact) mass is 266 g/mol. The molecule has 1 aromatic rings. The molecule has 0 aliphatic heterocycles. The quantitative estimate of drug-likeness (QED) is 0.525. The van der Waals surface area contributed by atoms with Gasteiger partial charge in [0, 0.05) is 24.2 Å². The number of rotatable bonds is 6. The Morgan fingerprint density at radius 2 is 2.11 bits per heavy atom. The number of anilines is 1. The predicted molar refractivity (Wildman–Crippen MR) is 72.9 cm³/mol. The SMILES string of the molecule is CC(C)C(N)CNc1cc(C(N)=O)ccc1[N+](=O)[O-]. The number of primary amides is 1. The van der Waals surface area contributed by atoms with Crippen molar-refractivity contribution in [2.45, 2.75) is 19.9 Å². The summed E-state index contributed by atoms with van der Waals surface area (Å²) in [6.07, 6.45) is 0. The van der Waals surface area contributed by atoms with E-state index in [1.807, 2.05) is 13.8 Å². The van der Waals surface area contributed by atoms with Gasteiger partial charge in [0.25, 0.3) is 5.69 Å². The van der Waals surface area contributed by atoms with Gasteiger partial charge in [0.1, 0.15) is 5.69 Å². The molecule has 5 N–H and O–H groups in total. The van der Waals surface area contributed by atoms with E-state index in [9.17, 15) is 14.9 Å². The number of nitrogens with two attached hydrogens (primary N) is 2. The van der Waals surface area contributed by atoms with Gasteiger partial charge in [-0.05, 0) is 18.1 Å². The van der Waals surface area contributed by atoms with Crippen molar-refractivity contribution < 1.29 is 9.72 Å². The Bertz CT molecular complexity index is 488. The molecule has 0 aliphatic carbocycles. The number of nitrogens with zero attached hydrogens (tertiary/aromatic N) is 1. The normalized spacial score (nSPS) is 12.2. The van der Waals surface area contributed by atoms with Crippen molar-refractivity contribution in [3.05, 3.63) is 33.9 Å². The molecule has 1 atom stereocenters. The van der Waals surface area contributed by atoms with Gasteiger partial charge in [0.2, 0.25) is 5.91 Å². The zero-order valence-electron chi connectivity index (χ0n) is 10.9. The molecule has 0 saturated carbocycles. The fourth-order valence-electron chi connectivity index (χ4n) is 1.45. The fourth-order valence-corrected chi connectivity index (χ4v) is 1.45. The van der Waals surface area contributed by atoms with E-state index >= 15 is 0 Å². The van der Waals surface area contributed by atoms with Gasteiger partial charge in [0.15, 0.2) is 0 Å². The predicted octanol–water partition coefficient (Wildman–Crippen LogP) is 1.09. The first kappa shape index (κ1) is 14.9. The highest BCUT2D eigenvalue weighted by Gasteiger charge is 2.17. The molecular formula is C12H18N4O3. The first-order valence-corrected chi connectivity index (χ1v) is 5.90. The van der Waals surface area contributed by atoms with Gasteiger partial charge >= 0.3 is 0 Å². The molecule has 0 aliphatic rings. The summed E-state index contributed by atoms with van der Waals surface area (Å²) in [5.74, 6) is -0.392. The van der Waals surface area contributed by atoms with Crippen LogP contribution < -0.4 is 16.8 Å². The number of carbonyl (C=O) groups excluding carboxylic acids is 1. The van der Waals surface area contributed by atoms with E-state index in [1.54, 1.807) is 0 Å². The molecule has 1 unspecified atom stereocenters. The van der Waals surface area contributed by atoms with Gasteiger partial charge in [-0.3, -0.25) is 14.9 Å². The van der Waals surface area contributed by atoms with Crippen LogP contribution >= 0.6 is 0 Å². The van der Waals surface area contributed by atoms with Crippen LogP contribution in [-0.4, -0.2) is 23.4 Å². The third-order valence-corrected chi connectivity index (χ3v) is 2.86. The molecule has 1 rings (SSSR count). The molecule has 0 fully saturated rings. The molecule has 0 aromatic heterocycles. The summed E-state index contributed by atoms with van der Waals surface area (Å²) >= 11 is 0. The Labute approximate surface area is 111 Å². The smallest absolute Gasteiger partial charge is 0.292 e. The molecule has 0 saturated heterocycles. The number of amides is 1. The van der Waals surface area contributed by atoms with Crippen molar-refractivity contribution >= 4 is 17.3 Å². The minimum atomic E-state index is -0.633. The second-order valence-corrected chi connectivity index (χ2v) is 4.64. The summed E-state index contributed by atoms with van der Waals surface area (Å²) in [6, 6.07) is 3.81. The number of nitro groups is 1. The Balaban J connectivity index is 2.98. The number of nitro benzene ring substituents is 1. The maximum Gasteiger partial charge on any atom is 0.292 e. The van der Waals surface area contributed by atoms with E-state index in [0.717, 1.165) is 0 Å². The average Bonchev–Trinajstić information content (AvgIpc) is 2.34. The summed E-state index contributed by atoms with van der Waals surface area (Å²) in [7, 11) is 0. The molecule has 7 heteroatoms. The molecule has 7 nitrogen and oxygen atoms in total. The summed E-state index contributed by atoms with van der Waals surface area (Å²) in [4.78, 5) is 21.5. The molecule has 1 aromatic carbocycles. The molecule has 0 bridgehead atoms. The van der Waals surface area contributed by atoms with Crippen LogP contribution in [0.5, 0.6) is 0 Å². The lowest BCUT2D eigenvalue weighted by Gasteiger charge is -2.17. The number of benzene rings is 1. The molecular weight excluding hydrogens is 248 g/mol. The van der Waals surface area contributed by atoms with E-state index in [-0.39, 0.29) is 28.9 Å². The standard InChI is InChI=1S/C12H18N4O3/c1-7(2)9(13)6-15-10-5-8(12(14)17)3-4-11(10)16(18)19/h3-5,7,9,15H,6,13H2,1-2H3,(H2,14,17). The molecule has 0 radical (unpaired) electrons. The molecule has 104 valence electrons. The lowest BCUT2D eigenvalue weighted by Crippen LogP contribution is -2.34. The van der Waals surface area contributed by atoms with Crippen molar-refractivity contribution in [2.75, 3.05) is 11.9 Å². The van der Waals surface area contributed by atoms with E-state index in [0.29, 0.717) is 6.54 Å². The van der Waals surface area contributed by atoms with Crippen molar-refractivity contribution in [3.8, 4) is 0 Å². The Morgan fingerprint density at radius 1 is 1.47 bits per heavy atom.